The van der Waals surface area contributed by atoms with Crippen LogP contribution in [0.1, 0.15) is 10.4 Å². The first-order valence-electron chi connectivity index (χ1n) is 8.91. The second kappa shape index (κ2) is 8.70. The van der Waals surface area contributed by atoms with Crippen molar-refractivity contribution in [1.82, 2.24) is 0 Å². The first kappa shape index (κ1) is 22.2. The molecule has 4 N–H and O–H groups in total. The van der Waals surface area contributed by atoms with Crippen molar-refractivity contribution in [2.45, 2.75) is 36.9 Å². The summed E-state index contributed by atoms with van der Waals surface area (Å²) in [6, 6.07) is 11.4. The molecule has 1 fully saturated rings. The van der Waals surface area contributed by atoms with Gasteiger partial charge in [-0.2, -0.15) is 13.2 Å². The predicted molar refractivity (Wildman–Crippen MR) is 97.3 cm³/mol. The summed E-state index contributed by atoms with van der Waals surface area (Å²) >= 11 is 0. The lowest BCUT2D eigenvalue weighted by molar-refractivity contribution is -0.302. The standard InChI is InChI=1S/C20H19F3O7/c21-20(22,23)15(30-19-18(28)17(27)16(26)14(9-24)29-19)8-13(25)12-6-5-10-3-1-2-4-11(10)7-12/h1-8,14,16-19,24,26-28H,9H2/t14-,16+,17+,18-,19?/m1/s1. The Morgan fingerprint density at radius 2 is 1.70 bits per heavy atom. The Morgan fingerprint density at radius 1 is 1.03 bits per heavy atom. The van der Waals surface area contributed by atoms with Crippen LogP contribution in [0.4, 0.5) is 13.2 Å². The molecule has 1 unspecified atom stereocenters. The van der Waals surface area contributed by atoms with Gasteiger partial charge in [-0.3, -0.25) is 4.79 Å². The minimum absolute atomic E-state index is 0.0205. The average Bonchev–Trinajstić information content (AvgIpc) is 2.72. The summed E-state index contributed by atoms with van der Waals surface area (Å²) < 4.78 is 49.9. The molecule has 10 heteroatoms. The van der Waals surface area contributed by atoms with Crippen molar-refractivity contribution < 1.29 is 47.9 Å². The molecule has 0 aromatic heterocycles. The zero-order chi connectivity index (χ0) is 22.1. The van der Waals surface area contributed by atoms with E-state index in [1.807, 2.05) is 0 Å². The molecule has 162 valence electrons. The minimum Gasteiger partial charge on any atom is -0.457 e. The number of hydrogen-bond donors (Lipinski definition) is 4. The van der Waals surface area contributed by atoms with Gasteiger partial charge >= 0.3 is 6.18 Å². The minimum atomic E-state index is -5.12. The van der Waals surface area contributed by atoms with E-state index in [2.05, 4.69) is 4.74 Å². The maximum Gasteiger partial charge on any atom is 0.449 e. The number of rotatable bonds is 5. The van der Waals surface area contributed by atoms with E-state index in [1.54, 1.807) is 30.3 Å². The van der Waals surface area contributed by atoms with Crippen LogP contribution in [0.3, 0.4) is 0 Å². The molecule has 1 heterocycles. The predicted octanol–water partition coefficient (Wildman–Crippen LogP) is 1.29. The lowest BCUT2D eigenvalue weighted by Gasteiger charge is -2.39. The van der Waals surface area contributed by atoms with E-state index >= 15 is 0 Å². The van der Waals surface area contributed by atoms with Crippen LogP contribution in [0.25, 0.3) is 10.8 Å². The second-order valence-corrected chi connectivity index (χ2v) is 6.75. The Kier molecular flexibility index (Phi) is 6.44. The number of carbonyl (C=O) groups excluding carboxylic acids is 1. The maximum atomic E-state index is 13.4. The maximum absolute atomic E-state index is 13.4. The Balaban J connectivity index is 1.88. The van der Waals surface area contributed by atoms with E-state index in [4.69, 9.17) is 9.84 Å². The topological polar surface area (TPSA) is 116 Å². The van der Waals surface area contributed by atoms with E-state index in [0.29, 0.717) is 5.39 Å². The average molecular weight is 428 g/mol. The zero-order valence-electron chi connectivity index (χ0n) is 15.4. The SMILES string of the molecule is O=C(C=C(OC1O[C@H](CO)[C@H](O)[C@H](O)[C@H]1O)C(F)(F)F)c1ccc2ccccc2c1. The molecular formula is C20H19F3O7. The van der Waals surface area contributed by atoms with Crippen molar-refractivity contribution >= 4 is 16.6 Å². The number of halogens is 3. The molecule has 0 amide bonds. The van der Waals surface area contributed by atoms with Gasteiger partial charge in [0.25, 0.3) is 0 Å². The van der Waals surface area contributed by atoms with E-state index in [9.17, 15) is 33.3 Å². The molecule has 0 radical (unpaired) electrons. The van der Waals surface area contributed by atoms with E-state index in [0.717, 1.165) is 5.39 Å². The van der Waals surface area contributed by atoms with Gasteiger partial charge in [-0.15, -0.1) is 0 Å². The molecule has 1 aliphatic rings. The highest BCUT2D eigenvalue weighted by molar-refractivity contribution is 6.07. The molecule has 5 atom stereocenters. The van der Waals surface area contributed by atoms with Gasteiger partial charge in [-0.25, -0.2) is 0 Å². The number of ether oxygens (including phenoxy) is 2. The lowest BCUT2D eigenvalue weighted by atomic mass is 9.99. The molecule has 2 aromatic rings. The second-order valence-electron chi connectivity index (χ2n) is 6.75. The molecule has 0 saturated carbocycles. The highest BCUT2D eigenvalue weighted by Gasteiger charge is 2.47. The van der Waals surface area contributed by atoms with Crippen LogP contribution in [0.2, 0.25) is 0 Å². The van der Waals surface area contributed by atoms with Crippen LogP contribution in [-0.2, 0) is 9.47 Å². The van der Waals surface area contributed by atoms with Crippen molar-refractivity contribution in [1.29, 1.82) is 0 Å². The molecule has 1 saturated heterocycles. The summed E-state index contributed by atoms with van der Waals surface area (Å²) in [5.41, 5.74) is -0.0205. The smallest absolute Gasteiger partial charge is 0.449 e. The molecule has 0 aliphatic carbocycles. The van der Waals surface area contributed by atoms with Crippen molar-refractivity contribution in [3.8, 4) is 0 Å². The summed E-state index contributed by atoms with van der Waals surface area (Å²) in [5.74, 6) is -2.76. The fourth-order valence-corrected chi connectivity index (χ4v) is 3.02. The van der Waals surface area contributed by atoms with Crippen molar-refractivity contribution in [3.63, 3.8) is 0 Å². The highest BCUT2D eigenvalue weighted by Crippen LogP contribution is 2.32. The molecule has 3 rings (SSSR count). The van der Waals surface area contributed by atoms with Gasteiger partial charge in [0.2, 0.25) is 12.0 Å². The Labute approximate surface area is 168 Å². The Bertz CT molecular complexity index is 941. The summed E-state index contributed by atoms with van der Waals surface area (Å²) in [7, 11) is 0. The van der Waals surface area contributed by atoms with Crippen molar-refractivity contribution in [2.24, 2.45) is 0 Å². The van der Waals surface area contributed by atoms with Crippen LogP contribution in [0.5, 0.6) is 0 Å². The number of carbonyl (C=O) groups is 1. The molecule has 0 bridgehead atoms. The first-order chi connectivity index (χ1) is 14.1. The van der Waals surface area contributed by atoms with Crippen LogP contribution in [-0.4, -0.2) is 69.7 Å². The largest absolute Gasteiger partial charge is 0.457 e. The van der Waals surface area contributed by atoms with Gasteiger partial charge in [0.1, 0.15) is 24.4 Å². The lowest BCUT2D eigenvalue weighted by Crippen LogP contribution is -2.59. The third-order valence-corrected chi connectivity index (χ3v) is 4.67. The Hall–Kier alpha value is -2.50. The third kappa shape index (κ3) is 4.63. The van der Waals surface area contributed by atoms with E-state index in [1.165, 1.54) is 12.1 Å². The number of ketones is 1. The monoisotopic (exact) mass is 428 g/mol. The fraction of sp³-hybridized carbons (Fsp3) is 0.350. The number of allylic oxidation sites excluding steroid dienone is 2. The summed E-state index contributed by atoms with van der Waals surface area (Å²) in [4.78, 5) is 12.4. The Morgan fingerprint density at radius 3 is 2.33 bits per heavy atom. The normalized spacial score (nSPS) is 27.8. The van der Waals surface area contributed by atoms with Gasteiger partial charge in [-0.05, 0) is 16.8 Å². The van der Waals surface area contributed by atoms with Crippen LogP contribution < -0.4 is 0 Å². The number of benzene rings is 2. The summed E-state index contributed by atoms with van der Waals surface area (Å²) in [6.45, 7) is -0.841. The van der Waals surface area contributed by atoms with Crippen LogP contribution in [0, 0.1) is 0 Å². The number of aliphatic hydroxyl groups is 4. The first-order valence-corrected chi connectivity index (χ1v) is 8.91. The van der Waals surface area contributed by atoms with E-state index in [-0.39, 0.29) is 11.6 Å². The molecule has 1 aliphatic heterocycles. The zero-order valence-corrected chi connectivity index (χ0v) is 15.4. The van der Waals surface area contributed by atoms with Crippen molar-refractivity contribution in [3.05, 3.63) is 59.9 Å². The highest BCUT2D eigenvalue weighted by atomic mass is 19.4. The summed E-state index contributed by atoms with van der Waals surface area (Å²) in [6.07, 6.45) is -14.2. The van der Waals surface area contributed by atoms with Gasteiger partial charge in [0.15, 0.2) is 5.78 Å². The molecule has 7 nitrogen and oxygen atoms in total. The number of fused-ring (bicyclic) bond motifs is 1. The van der Waals surface area contributed by atoms with Crippen LogP contribution in [0.15, 0.2) is 54.3 Å². The number of hydrogen-bond acceptors (Lipinski definition) is 7. The van der Waals surface area contributed by atoms with Crippen molar-refractivity contribution in [2.75, 3.05) is 6.61 Å². The van der Waals surface area contributed by atoms with E-state index < -0.39 is 55.0 Å². The van der Waals surface area contributed by atoms with Gasteiger partial charge in [0, 0.05) is 11.6 Å². The number of aliphatic hydroxyl groups excluding tert-OH is 4. The van der Waals surface area contributed by atoms with Crippen LogP contribution >= 0.6 is 0 Å². The molecular weight excluding hydrogens is 409 g/mol. The molecule has 30 heavy (non-hydrogen) atoms. The fourth-order valence-electron chi connectivity index (χ4n) is 3.02. The third-order valence-electron chi connectivity index (χ3n) is 4.67. The van der Waals surface area contributed by atoms with Gasteiger partial charge in [-0.1, -0.05) is 36.4 Å². The number of alkyl halides is 3. The summed E-state index contributed by atoms with van der Waals surface area (Å²) in [5, 5.41) is 39.9. The molecule has 2 aromatic carbocycles. The van der Waals surface area contributed by atoms with Gasteiger partial charge < -0.3 is 29.9 Å². The van der Waals surface area contributed by atoms with Gasteiger partial charge in [0.05, 0.1) is 6.61 Å². The quantitative estimate of drug-likeness (QED) is 0.322. The molecule has 0 spiro atoms.